The summed E-state index contributed by atoms with van der Waals surface area (Å²) in [5.74, 6) is 0.0612. The van der Waals surface area contributed by atoms with Gasteiger partial charge in [0.1, 0.15) is 16.2 Å². The first-order chi connectivity index (χ1) is 14.8. The minimum absolute atomic E-state index is 0.0151. The third-order valence-electron chi connectivity index (χ3n) is 5.38. The summed E-state index contributed by atoms with van der Waals surface area (Å²) in [6.45, 7) is 2.09. The average molecular weight is 500 g/mol. The number of carbonyl (C=O) groups excluding carboxylic acids is 1. The molecule has 1 amide bonds. The molecule has 1 aliphatic heterocycles. The Bertz CT molecular complexity index is 1230. The van der Waals surface area contributed by atoms with Crippen molar-refractivity contribution in [3.8, 4) is 5.75 Å². The minimum Gasteiger partial charge on any atom is -0.487 e. The van der Waals surface area contributed by atoms with Crippen molar-refractivity contribution in [3.05, 3.63) is 94.0 Å². The van der Waals surface area contributed by atoms with Gasteiger partial charge in [0.2, 0.25) is 0 Å². The van der Waals surface area contributed by atoms with Crippen LogP contribution in [-0.2, 0) is 22.9 Å². The Kier molecular flexibility index (Phi) is 5.90. The van der Waals surface area contributed by atoms with Crippen LogP contribution in [-0.4, -0.2) is 19.9 Å². The first kappa shape index (κ1) is 21.6. The molecule has 0 saturated carbocycles. The van der Waals surface area contributed by atoms with E-state index in [1.54, 1.807) is 36.4 Å². The summed E-state index contributed by atoms with van der Waals surface area (Å²) in [6.07, 6.45) is 2.34. The van der Waals surface area contributed by atoms with Crippen molar-refractivity contribution in [2.75, 3.05) is 0 Å². The van der Waals surface area contributed by atoms with Gasteiger partial charge in [-0.05, 0) is 77.2 Å². The number of hydrogen-bond acceptors (Lipinski definition) is 4. The zero-order valence-corrected chi connectivity index (χ0v) is 19.4. The number of carbonyl (C=O) groups is 1. The van der Waals surface area contributed by atoms with E-state index < -0.39 is 15.9 Å². The van der Waals surface area contributed by atoms with Crippen LogP contribution in [0.4, 0.5) is 0 Å². The molecule has 4 rings (SSSR count). The van der Waals surface area contributed by atoms with Crippen LogP contribution in [0, 0.1) is 0 Å². The second kappa shape index (κ2) is 8.48. The molecule has 5 nitrogen and oxygen atoms in total. The maximum atomic E-state index is 12.7. The van der Waals surface area contributed by atoms with E-state index in [0.717, 1.165) is 30.6 Å². The van der Waals surface area contributed by atoms with E-state index >= 15 is 0 Å². The van der Waals surface area contributed by atoms with Gasteiger partial charge in [0.25, 0.3) is 15.9 Å². The maximum absolute atomic E-state index is 12.7. The van der Waals surface area contributed by atoms with E-state index in [4.69, 9.17) is 4.74 Å². The molecule has 0 fully saturated rings. The van der Waals surface area contributed by atoms with Gasteiger partial charge in [-0.3, -0.25) is 4.79 Å². The van der Waals surface area contributed by atoms with Crippen molar-refractivity contribution in [1.82, 2.24) is 4.72 Å². The summed E-state index contributed by atoms with van der Waals surface area (Å²) in [5.41, 5.74) is 2.06. The SMILES string of the molecule is C[C@@]1(Cc2ccccc2)CCc2cc(C(=O)NS(=O)(=O)c3ccccc3Br)ccc2O1. The third-order valence-corrected chi connectivity index (χ3v) is 7.72. The molecule has 1 aliphatic rings. The number of rotatable bonds is 5. The average Bonchev–Trinajstić information content (AvgIpc) is 2.73. The summed E-state index contributed by atoms with van der Waals surface area (Å²) in [4.78, 5) is 12.7. The number of fused-ring (bicyclic) bond motifs is 1. The fourth-order valence-electron chi connectivity index (χ4n) is 3.78. The van der Waals surface area contributed by atoms with Crippen molar-refractivity contribution in [2.24, 2.45) is 0 Å². The molecule has 7 heteroatoms. The number of amides is 1. The second-order valence-electron chi connectivity index (χ2n) is 7.90. The second-order valence-corrected chi connectivity index (χ2v) is 10.4. The van der Waals surface area contributed by atoms with Crippen LogP contribution in [0.5, 0.6) is 5.75 Å². The topological polar surface area (TPSA) is 72.5 Å². The van der Waals surface area contributed by atoms with Gasteiger partial charge >= 0.3 is 0 Å². The van der Waals surface area contributed by atoms with Crippen LogP contribution in [0.3, 0.4) is 0 Å². The quantitative estimate of drug-likeness (QED) is 0.542. The predicted octanol–water partition coefficient (Wildman–Crippen LogP) is 4.89. The van der Waals surface area contributed by atoms with E-state index in [2.05, 4.69) is 39.7 Å². The number of benzene rings is 3. The zero-order valence-electron chi connectivity index (χ0n) is 17.0. The lowest BCUT2D eigenvalue weighted by atomic mass is 9.87. The number of nitrogens with one attached hydrogen (secondary N) is 1. The van der Waals surface area contributed by atoms with Gasteiger partial charge < -0.3 is 4.74 Å². The molecule has 3 aromatic carbocycles. The van der Waals surface area contributed by atoms with Crippen molar-refractivity contribution < 1.29 is 17.9 Å². The van der Waals surface area contributed by atoms with Crippen LogP contribution in [0.25, 0.3) is 0 Å². The van der Waals surface area contributed by atoms with Gasteiger partial charge in [-0.2, -0.15) is 0 Å². The summed E-state index contributed by atoms with van der Waals surface area (Å²) in [6, 6.07) is 21.6. The van der Waals surface area contributed by atoms with Crippen molar-refractivity contribution in [1.29, 1.82) is 0 Å². The molecule has 0 radical (unpaired) electrons. The largest absolute Gasteiger partial charge is 0.487 e. The molecular weight excluding hydrogens is 478 g/mol. The highest BCUT2D eigenvalue weighted by molar-refractivity contribution is 9.10. The summed E-state index contributed by atoms with van der Waals surface area (Å²) in [7, 11) is -3.99. The van der Waals surface area contributed by atoms with Gasteiger partial charge in [-0.1, -0.05) is 42.5 Å². The Balaban J connectivity index is 1.50. The van der Waals surface area contributed by atoms with Crippen LogP contribution in [0.15, 0.2) is 82.2 Å². The molecule has 0 unspecified atom stereocenters. The fraction of sp³-hybridized carbons (Fsp3) is 0.208. The molecule has 31 heavy (non-hydrogen) atoms. The highest BCUT2D eigenvalue weighted by Crippen LogP contribution is 2.35. The number of halogens is 1. The number of aryl methyl sites for hydroxylation is 1. The van der Waals surface area contributed by atoms with E-state index in [9.17, 15) is 13.2 Å². The number of hydrogen-bond donors (Lipinski definition) is 1. The molecule has 0 bridgehead atoms. The molecule has 1 heterocycles. The molecule has 1 N–H and O–H groups in total. The van der Waals surface area contributed by atoms with Gasteiger partial charge in [0.05, 0.1) is 0 Å². The molecule has 0 aromatic heterocycles. The van der Waals surface area contributed by atoms with E-state index in [1.807, 2.05) is 18.2 Å². The highest BCUT2D eigenvalue weighted by Gasteiger charge is 2.32. The monoisotopic (exact) mass is 499 g/mol. The number of sulfonamides is 1. The standard InChI is InChI=1S/C24H22BrNO4S/c1-24(16-17-7-3-2-4-8-17)14-13-18-15-19(11-12-21(18)30-24)23(27)26-31(28,29)22-10-6-5-9-20(22)25/h2-12,15H,13-14,16H2,1H3,(H,26,27)/t24-/m0/s1. The van der Waals surface area contributed by atoms with Crippen molar-refractivity contribution in [2.45, 2.75) is 36.7 Å². The highest BCUT2D eigenvalue weighted by atomic mass is 79.9. The lowest BCUT2D eigenvalue weighted by molar-refractivity contribution is 0.0654. The third kappa shape index (κ3) is 4.83. The lowest BCUT2D eigenvalue weighted by Crippen LogP contribution is -2.38. The first-order valence-corrected chi connectivity index (χ1v) is 12.2. The number of ether oxygens (including phenoxy) is 1. The normalized spacial score (nSPS) is 18.0. The van der Waals surface area contributed by atoms with Crippen LogP contribution in [0.1, 0.15) is 34.8 Å². The molecule has 3 aromatic rings. The Morgan fingerprint density at radius 2 is 1.77 bits per heavy atom. The van der Waals surface area contributed by atoms with E-state index in [1.165, 1.54) is 11.6 Å². The lowest BCUT2D eigenvalue weighted by Gasteiger charge is -2.36. The molecule has 160 valence electrons. The van der Waals surface area contributed by atoms with Crippen molar-refractivity contribution >= 4 is 31.9 Å². The summed E-state index contributed by atoms with van der Waals surface area (Å²) >= 11 is 3.21. The Labute approximate surface area is 190 Å². The molecule has 1 atom stereocenters. The fourth-order valence-corrected chi connectivity index (χ4v) is 5.76. The first-order valence-electron chi connectivity index (χ1n) is 9.93. The molecule has 0 spiro atoms. The Morgan fingerprint density at radius 3 is 2.52 bits per heavy atom. The molecular formula is C24H22BrNO4S. The van der Waals surface area contributed by atoms with Gasteiger partial charge in [-0.15, -0.1) is 0 Å². The van der Waals surface area contributed by atoms with Crippen LogP contribution < -0.4 is 9.46 Å². The van der Waals surface area contributed by atoms with E-state index in [-0.39, 0.29) is 16.1 Å². The van der Waals surface area contributed by atoms with Crippen LogP contribution >= 0.6 is 15.9 Å². The van der Waals surface area contributed by atoms with Gasteiger partial charge in [0.15, 0.2) is 0 Å². The summed E-state index contributed by atoms with van der Waals surface area (Å²) in [5, 5.41) is 0. The Hall–Kier alpha value is -2.64. The Morgan fingerprint density at radius 1 is 1.06 bits per heavy atom. The molecule has 0 aliphatic carbocycles. The minimum atomic E-state index is -3.99. The molecule has 0 saturated heterocycles. The zero-order chi connectivity index (χ0) is 22.1. The van der Waals surface area contributed by atoms with Gasteiger partial charge in [-0.25, -0.2) is 13.1 Å². The van der Waals surface area contributed by atoms with Crippen molar-refractivity contribution in [3.63, 3.8) is 0 Å². The smallest absolute Gasteiger partial charge is 0.265 e. The summed E-state index contributed by atoms with van der Waals surface area (Å²) < 4.78 is 34.0. The van der Waals surface area contributed by atoms with E-state index in [0.29, 0.717) is 4.47 Å². The maximum Gasteiger partial charge on any atom is 0.265 e. The van der Waals surface area contributed by atoms with Gasteiger partial charge in [0, 0.05) is 16.5 Å². The van der Waals surface area contributed by atoms with Crippen LogP contribution in [0.2, 0.25) is 0 Å². The predicted molar refractivity (Wildman–Crippen MR) is 123 cm³/mol.